The van der Waals surface area contributed by atoms with E-state index < -0.39 is 0 Å². The summed E-state index contributed by atoms with van der Waals surface area (Å²) in [6, 6.07) is 0. The molecule has 78 valence electrons. The molecule has 0 aliphatic carbocycles. The molecule has 0 fully saturated rings. The maximum absolute atomic E-state index is 7.05. The van der Waals surface area contributed by atoms with E-state index in [0.29, 0.717) is 6.42 Å². The van der Waals surface area contributed by atoms with Crippen LogP contribution in [0.15, 0.2) is 11.5 Å². The van der Waals surface area contributed by atoms with Gasteiger partial charge in [0.05, 0.1) is 5.84 Å². The highest BCUT2D eigenvalue weighted by atomic mass is 32.2. The van der Waals surface area contributed by atoms with E-state index in [0.717, 1.165) is 23.8 Å². The number of aromatic nitrogens is 3. The highest BCUT2D eigenvalue weighted by Gasteiger charge is 2.00. The first-order valence-electron chi connectivity index (χ1n) is 4.50. The first kappa shape index (κ1) is 11.0. The summed E-state index contributed by atoms with van der Waals surface area (Å²) in [5.74, 6) is 1.27. The Morgan fingerprint density at radius 1 is 1.64 bits per heavy atom. The van der Waals surface area contributed by atoms with Crippen molar-refractivity contribution in [3.63, 3.8) is 0 Å². The van der Waals surface area contributed by atoms with Crippen LogP contribution in [0.25, 0.3) is 0 Å². The molecule has 0 saturated carbocycles. The monoisotopic (exact) mass is 213 g/mol. The first-order chi connectivity index (χ1) is 6.70. The van der Waals surface area contributed by atoms with Gasteiger partial charge in [-0.3, -0.25) is 5.41 Å². The summed E-state index contributed by atoms with van der Waals surface area (Å²) < 4.78 is 1.90. The molecule has 6 heteroatoms. The molecule has 1 aromatic heterocycles. The SMILES string of the molecule is Cn1cnnc1SCCCCC(=N)N. The molecular weight excluding hydrogens is 198 g/mol. The van der Waals surface area contributed by atoms with E-state index in [1.165, 1.54) is 0 Å². The second-order valence-electron chi connectivity index (χ2n) is 3.06. The fraction of sp³-hybridized carbons (Fsp3) is 0.625. The lowest BCUT2D eigenvalue weighted by Crippen LogP contribution is -2.08. The normalized spacial score (nSPS) is 10.4. The van der Waals surface area contributed by atoms with Gasteiger partial charge in [-0.1, -0.05) is 11.8 Å². The number of thioether (sulfide) groups is 1. The predicted molar refractivity (Wildman–Crippen MR) is 57.5 cm³/mol. The summed E-state index contributed by atoms with van der Waals surface area (Å²) in [6.07, 6.45) is 4.41. The quantitative estimate of drug-likeness (QED) is 0.320. The van der Waals surface area contributed by atoms with Gasteiger partial charge < -0.3 is 10.3 Å². The molecule has 0 aliphatic rings. The molecule has 0 aliphatic heterocycles. The Morgan fingerprint density at radius 3 is 3.00 bits per heavy atom. The van der Waals surface area contributed by atoms with Gasteiger partial charge in [0.15, 0.2) is 5.16 Å². The maximum atomic E-state index is 7.05. The van der Waals surface area contributed by atoms with Crippen molar-refractivity contribution in [2.75, 3.05) is 5.75 Å². The minimum Gasteiger partial charge on any atom is -0.388 e. The lowest BCUT2D eigenvalue weighted by atomic mass is 10.2. The number of aryl methyl sites for hydroxylation is 1. The third-order valence-electron chi connectivity index (χ3n) is 1.74. The molecule has 3 N–H and O–H groups in total. The standard InChI is InChI=1S/C8H15N5S/c1-13-6-11-12-8(13)14-5-3-2-4-7(9)10/h6H,2-5H2,1H3,(H3,9,10). The van der Waals surface area contributed by atoms with E-state index in [9.17, 15) is 0 Å². The van der Waals surface area contributed by atoms with E-state index in [-0.39, 0.29) is 5.84 Å². The molecule has 14 heavy (non-hydrogen) atoms. The Labute approximate surface area is 87.6 Å². The molecule has 1 rings (SSSR count). The number of rotatable bonds is 6. The zero-order valence-electron chi connectivity index (χ0n) is 8.23. The van der Waals surface area contributed by atoms with Crippen molar-refractivity contribution in [1.29, 1.82) is 5.41 Å². The maximum Gasteiger partial charge on any atom is 0.190 e. The summed E-state index contributed by atoms with van der Waals surface area (Å²) in [5.41, 5.74) is 5.24. The lowest BCUT2D eigenvalue weighted by Gasteiger charge is -2.00. The van der Waals surface area contributed by atoms with E-state index in [4.69, 9.17) is 11.1 Å². The van der Waals surface area contributed by atoms with Crippen molar-refractivity contribution >= 4 is 17.6 Å². The smallest absolute Gasteiger partial charge is 0.190 e. The van der Waals surface area contributed by atoms with Crippen LogP contribution >= 0.6 is 11.8 Å². The molecule has 0 unspecified atom stereocenters. The van der Waals surface area contributed by atoms with Crippen molar-refractivity contribution in [3.05, 3.63) is 6.33 Å². The number of nitrogens with two attached hydrogens (primary N) is 1. The zero-order chi connectivity index (χ0) is 10.4. The predicted octanol–water partition coefficient (Wildman–Crippen LogP) is 1.01. The molecule has 0 aromatic carbocycles. The van der Waals surface area contributed by atoms with Gasteiger partial charge in [0.25, 0.3) is 0 Å². The van der Waals surface area contributed by atoms with Crippen molar-refractivity contribution in [2.24, 2.45) is 12.8 Å². The largest absolute Gasteiger partial charge is 0.388 e. The van der Waals surface area contributed by atoms with Gasteiger partial charge in [-0.15, -0.1) is 10.2 Å². The van der Waals surface area contributed by atoms with Crippen LogP contribution in [-0.2, 0) is 7.05 Å². The van der Waals surface area contributed by atoms with Crippen LogP contribution in [-0.4, -0.2) is 26.4 Å². The summed E-state index contributed by atoms with van der Waals surface area (Å²) in [6.45, 7) is 0. The van der Waals surface area contributed by atoms with Crippen LogP contribution in [0, 0.1) is 5.41 Å². The molecule has 1 aromatic rings. The number of hydrogen-bond acceptors (Lipinski definition) is 4. The minimum atomic E-state index is 0.272. The fourth-order valence-electron chi connectivity index (χ4n) is 0.984. The number of nitrogens with one attached hydrogen (secondary N) is 1. The van der Waals surface area contributed by atoms with E-state index in [1.54, 1.807) is 18.1 Å². The van der Waals surface area contributed by atoms with Gasteiger partial charge in [-0.2, -0.15) is 0 Å². The Morgan fingerprint density at radius 2 is 2.43 bits per heavy atom. The van der Waals surface area contributed by atoms with Crippen molar-refractivity contribution in [3.8, 4) is 0 Å². The second kappa shape index (κ2) is 5.64. The van der Waals surface area contributed by atoms with Crippen molar-refractivity contribution in [2.45, 2.75) is 24.4 Å². The Hall–Kier alpha value is -1.04. The number of nitrogens with zero attached hydrogens (tertiary/aromatic N) is 3. The van der Waals surface area contributed by atoms with Gasteiger partial charge in [0, 0.05) is 19.2 Å². The van der Waals surface area contributed by atoms with Gasteiger partial charge in [0.2, 0.25) is 0 Å². The van der Waals surface area contributed by atoms with Crippen LogP contribution in [0.2, 0.25) is 0 Å². The number of unbranched alkanes of at least 4 members (excludes halogenated alkanes) is 1. The van der Waals surface area contributed by atoms with Crippen molar-refractivity contribution < 1.29 is 0 Å². The number of hydrogen-bond donors (Lipinski definition) is 2. The lowest BCUT2D eigenvalue weighted by molar-refractivity contribution is 0.782. The molecular formula is C8H15N5S. The average molecular weight is 213 g/mol. The van der Waals surface area contributed by atoms with E-state index >= 15 is 0 Å². The Kier molecular flexibility index (Phi) is 4.45. The summed E-state index contributed by atoms with van der Waals surface area (Å²) in [4.78, 5) is 0. The topological polar surface area (TPSA) is 80.6 Å². The third-order valence-corrected chi connectivity index (χ3v) is 2.86. The molecule has 0 radical (unpaired) electrons. The van der Waals surface area contributed by atoms with Crippen LogP contribution in [0.5, 0.6) is 0 Å². The van der Waals surface area contributed by atoms with Gasteiger partial charge in [-0.05, 0) is 12.8 Å². The number of amidine groups is 1. The zero-order valence-corrected chi connectivity index (χ0v) is 9.05. The molecule has 0 amide bonds. The van der Waals surface area contributed by atoms with Gasteiger partial charge >= 0.3 is 0 Å². The summed E-state index contributed by atoms with van der Waals surface area (Å²) in [7, 11) is 1.93. The molecule has 5 nitrogen and oxygen atoms in total. The van der Waals surface area contributed by atoms with Crippen LogP contribution in [0.3, 0.4) is 0 Å². The highest BCUT2D eigenvalue weighted by molar-refractivity contribution is 7.99. The first-order valence-corrected chi connectivity index (χ1v) is 5.48. The summed E-state index contributed by atoms with van der Waals surface area (Å²) >= 11 is 1.68. The third kappa shape index (κ3) is 3.78. The van der Waals surface area contributed by atoms with Crippen LogP contribution in [0.1, 0.15) is 19.3 Å². The second-order valence-corrected chi connectivity index (χ2v) is 4.12. The molecule has 0 saturated heterocycles. The van der Waals surface area contributed by atoms with Gasteiger partial charge in [-0.25, -0.2) is 0 Å². The van der Waals surface area contributed by atoms with Gasteiger partial charge in [0.1, 0.15) is 6.33 Å². The van der Waals surface area contributed by atoms with Crippen LogP contribution in [0.4, 0.5) is 0 Å². The Balaban J connectivity index is 2.10. The van der Waals surface area contributed by atoms with E-state index in [2.05, 4.69) is 10.2 Å². The summed E-state index contributed by atoms with van der Waals surface area (Å²) in [5, 5.41) is 15.7. The Bertz CT molecular complexity index is 296. The average Bonchev–Trinajstić information content (AvgIpc) is 2.51. The fourth-order valence-corrected chi connectivity index (χ4v) is 1.87. The van der Waals surface area contributed by atoms with Crippen molar-refractivity contribution in [1.82, 2.24) is 14.8 Å². The molecule has 1 heterocycles. The molecule has 0 atom stereocenters. The van der Waals surface area contributed by atoms with Crippen LogP contribution < -0.4 is 5.73 Å². The minimum absolute atomic E-state index is 0.272. The molecule has 0 bridgehead atoms. The molecule has 0 spiro atoms. The van der Waals surface area contributed by atoms with E-state index in [1.807, 2.05) is 11.6 Å². The highest BCUT2D eigenvalue weighted by Crippen LogP contribution is 2.15.